The average Bonchev–Trinajstić information content (AvgIpc) is 3.07. The number of thiophene rings is 1. The summed E-state index contributed by atoms with van der Waals surface area (Å²) in [5.41, 5.74) is 3.52. The quantitative estimate of drug-likeness (QED) is 0.609. The number of hydrogen-bond donors (Lipinski definition) is 2. The number of anilines is 1. The van der Waals surface area contributed by atoms with Crippen molar-refractivity contribution in [2.75, 3.05) is 12.4 Å². The molecule has 1 atom stereocenters. The van der Waals surface area contributed by atoms with E-state index in [1.807, 2.05) is 38.6 Å². The second-order valence-electron chi connectivity index (χ2n) is 5.82. The van der Waals surface area contributed by atoms with Crippen LogP contribution in [-0.2, 0) is 11.3 Å². The fraction of sp³-hybridized carbons (Fsp3) is 0.471. The van der Waals surface area contributed by atoms with Crippen LogP contribution in [0.15, 0.2) is 6.20 Å². The number of nitrogens with one attached hydrogen (secondary N) is 2. The summed E-state index contributed by atoms with van der Waals surface area (Å²) in [5, 5.41) is 12.0. The molecule has 0 amide bonds. The van der Waals surface area contributed by atoms with Gasteiger partial charge in [0.05, 0.1) is 24.4 Å². The molecule has 2 aromatic rings. The number of methoxy groups -OCH3 is 1. The number of carbonyl (C=O) groups excluding carboxylic acids is 1. The zero-order chi connectivity index (χ0) is 18.7. The summed E-state index contributed by atoms with van der Waals surface area (Å²) in [5.74, 6) is -0.361. The molecule has 2 heterocycles. The van der Waals surface area contributed by atoms with Gasteiger partial charge in [0, 0.05) is 23.2 Å². The van der Waals surface area contributed by atoms with Gasteiger partial charge in [-0.3, -0.25) is 4.68 Å². The average molecular weight is 381 g/mol. The topological polar surface area (TPSA) is 68.2 Å². The molecule has 8 heteroatoms. The predicted molar refractivity (Wildman–Crippen MR) is 106 cm³/mol. The molecule has 2 N–H and O–H groups in total. The van der Waals surface area contributed by atoms with Crippen LogP contribution in [0.25, 0.3) is 0 Å². The SMILES string of the molecule is CCn1cc(C(C)NC(=S)Nc2sc(C)c(C)c2C(=O)OC)c(C)n1. The summed E-state index contributed by atoms with van der Waals surface area (Å²) < 4.78 is 6.79. The lowest BCUT2D eigenvalue weighted by Crippen LogP contribution is -2.31. The minimum atomic E-state index is -0.361. The number of aromatic nitrogens is 2. The van der Waals surface area contributed by atoms with Crippen molar-refractivity contribution in [2.45, 2.75) is 47.2 Å². The van der Waals surface area contributed by atoms with E-state index < -0.39 is 0 Å². The smallest absolute Gasteiger partial charge is 0.341 e. The number of hydrogen-bond acceptors (Lipinski definition) is 5. The summed E-state index contributed by atoms with van der Waals surface area (Å²) in [6, 6.07) is 0.00373. The van der Waals surface area contributed by atoms with Crippen molar-refractivity contribution in [1.82, 2.24) is 15.1 Å². The van der Waals surface area contributed by atoms with E-state index in [0.717, 1.165) is 28.2 Å². The Morgan fingerprint density at radius 2 is 2.12 bits per heavy atom. The van der Waals surface area contributed by atoms with Crippen molar-refractivity contribution in [3.8, 4) is 0 Å². The normalized spacial score (nSPS) is 11.9. The van der Waals surface area contributed by atoms with Crippen molar-refractivity contribution >= 4 is 39.6 Å². The Morgan fingerprint density at radius 3 is 2.68 bits per heavy atom. The van der Waals surface area contributed by atoms with E-state index >= 15 is 0 Å². The van der Waals surface area contributed by atoms with Crippen molar-refractivity contribution in [3.63, 3.8) is 0 Å². The lowest BCUT2D eigenvalue weighted by molar-refractivity contribution is 0.0601. The van der Waals surface area contributed by atoms with Gasteiger partial charge in [-0.15, -0.1) is 11.3 Å². The van der Waals surface area contributed by atoms with Gasteiger partial charge in [0.15, 0.2) is 5.11 Å². The third-order valence-corrected chi connectivity index (χ3v) is 5.47. The molecule has 0 aromatic carbocycles. The fourth-order valence-electron chi connectivity index (χ4n) is 2.60. The van der Waals surface area contributed by atoms with Crippen LogP contribution >= 0.6 is 23.6 Å². The first-order valence-electron chi connectivity index (χ1n) is 8.08. The maximum atomic E-state index is 12.0. The van der Waals surface area contributed by atoms with Gasteiger partial charge in [0.1, 0.15) is 5.00 Å². The highest BCUT2D eigenvalue weighted by atomic mass is 32.1. The van der Waals surface area contributed by atoms with Crippen LogP contribution in [0.5, 0.6) is 0 Å². The summed E-state index contributed by atoms with van der Waals surface area (Å²) in [7, 11) is 1.38. The summed E-state index contributed by atoms with van der Waals surface area (Å²) in [6.45, 7) is 10.8. The number of aryl methyl sites for hydroxylation is 3. The molecule has 0 radical (unpaired) electrons. The lowest BCUT2D eigenvalue weighted by atomic mass is 10.1. The van der Waals surface area contributed by atoms with Crippen LogP contribution < -0.4 is 10.6 Å². The minimum absolute atomic E-state index is 0.00373. The monoisotopic (exact) mass is 380 g/mol. The van der Waals surface area contributed by atoms with Crippen molar-refractivity contribution in [2.24, 2.45) is 0 Å². The lowest BCUT2D eigenvalue weighted by Gasteiger charge is -2.16. The molecule has 0 saturated carbocycles. The molecular weight excluding hydrogens is 356 g/mol. The van der Waals surface area contributed by atoms with Gasteiger partial charge in [-0.1, -0.05) is 0 Å². The molecule has 0 aliphatic carbocycles. The summed E-state index contributed by atoms with van der Waals surface area (Å²) in [6.07, 6.45) is 2.02. The molecule has 25 heavy (non-hydrogen) atoms. The largest absolute Gasteiger partial charge is 0.465 e. The molecule has 0 saturated heterocycles. The number of esters is 1. The van der Waals surface area contributed by atoms with Crippen molar-refractivity contribution in [1.29, 1.82) is 0 Å². The minimum Gasteiger partial charge on any atom is -0.465 e. The Balaban J connectivity index is 2.14. The number of carbonyl (C=O) groups is 1. The molecule has 2 rings (SSSR count). The van der Waals surface area contributed by atoms with Crippen LogP contribution in [0.2, 0.25) is 0 Å². The van der Waals surface area contributed by atoms with Gasteiger partial charge in [-0.25, -0.2) is 4.79 Å². The van der Waals surface area contributed by atoms with Crippen LogP contribution in [-0.4, -0.2) is 28.0 Å². The molecular formula is C17H24N4O2S2. The Morgan fingerprint density at radius 1 is 1.44 bits per heavy atom. The van der Waals surface area contributed by atoms with E-state index in [1.165, 1.54) is 18.4 Å². The van der Waals surface area contributed by atoms with Crippen LogP contribution in [0.1, 0.15) is 51.9 Å². The van der Waals surface area contributed by atoms with Gasteiger partial charge in [-0.05, 0) is 52.4 Å². The molecule has 0 bridgehead atoms. The third-order valence-electron chi connectivity index (χ3n) is 4.12. The molecule has 0 fully saturated rings. The van der Waals surface area contributed by atoms with E-state index in [-0.39, 0.29) is 12.0 Å². The molecule has 6 nitrogen and oxygen atoms in total. The fourth-order valence-corrected chi connectivity index (χ4v) is 3.99. The third kappa shape index (κ3) is 4.19. The van der Waals surface area contributed by atoms with Crippen LogP contribution in [0.4, 0.5) is 5.00 Å². The Labute approximate surface area is 157 Å². The molecule has 136 valence electrons. The zero-order valence-corrected chi connectivity index (χ0v) is 17.0. The summed E-state index contributed by atoms with van der Waals surface area (Å²) >= 11 is 6.92. The first-order valence-corrected chi connectivity index (χ1v) is 9.30. The molecule has 0 spiro atoms. The number of thiocarbonyl (C=S) groups is 1. The second kappa shape index (κ2) is 7.97. The van der Waals surface area contributed by atoms with Crippen molar-refractivity contribution < 1.29 is 9.53 Å². The van der Waals surface area contributed by atoms with Gasteiger partial charge < -0.3 is 15.4 Å². The highest BCUT2D eigenvalue weighted by Crippen LogP contribution is 2.33. The maximum Gasteiger partial charge on any atom is 0.341 e. The van der Waals surface area contributed by atoms with E-state index in [9.17, 15) is 4.79 Å². The highest BCUT2D eigenvalue weighted by molar-refractivity contribution is 7.80. The highest BCUT2D eigenvalue weighted by Gasteiger charge is 2.21. The van der Waals surface area contributed by atoms with E-state index in [2.05, 4.69) is 22.7 Å². The molecule has 1 unspecified atom stereocenters. The molecule has 0 aliphatic heterocycles. The van der Waals surface area contributed by atoms with Gasteiger partial charge in [-0.2, -0.15) is 5.10 Å². The Kier molecular flexibility index (Phi) is 6.18. The van der Waals surface area contributed by atoms with Gasteiger partial charge in [0.25, 0.3) is 0 Å². The van der Waals surface area contributed by atoms with Gasteiger partial charge in [0.2, 0.25) is 0 Å². The number of rotatable bonds is 5. The summed E-state index contributed by atoms with van der Waals surface area (Å²) in [4.78, 5) is 13.1. The second-order valence-corrected chi connectivity index (χ2v) is 7.46. The predicted octanol–water partition coefficient (Wildman–Crippen LogP) is 3.72. The van der Waals surface area contributed by atoms with Crippen LogP contribution in [0.3, 0.4) is 0 Å². The van der Waals surface area contributed by atoms with E-state index in [1.54, 1.807) is 0 Å². The standard InChI is InChI=1S/C17H24N4O2S2/c1-7-21-8-13(11(4)20-21)10(3)18-17(24)19-15-14(16(22)23-6)9(2)12(5)25-15/h8,10H,7H2,1-6H3,(H2,18,19,24). The van der Waals surface area contributed by atoms with Crippen LogP contribution in [0, 0.1) is 20.8 Å². The Bertz CT molecular complexity index is 795. The van der Waals surface area contributed by atoms with Crippen molar-refractivity contribution in [3.05, 3.63) is 33.5 Å². The number of ether oxygens (including phenoxy) is 1. The Hall–Kier alpha value is -1.93. The molecule has 0 aliphatic rings. The first-order chi connectivity index (χ1) is 11.8. The molecule has 2 aromatic heterocycles. The number of nitrogens with zero attached hydrogens (tertiary/aromatic N) is 2. The van der Waals surface area contributed by atoms with Gasteiger partial charge >= 0.3 is 5.97 Å². The van der Waals surface area contributed by atoms with E-state index in [4.69, 9.17) is 17.0 Å². The maximum absolute atomic E-state index is 12.0. The first kappa shape index (κ1) is 19.4. The van der Waals surface area contributed by atoms with E-state index in [0.29, 0.717) is 15.7 Å². The zero-order valence-electron chi connectivity index (χ0n) is 15.4.